The predicted molar refractivity (Wildman–Crippen MR) is 74.3 cm³/mol. The summed E-state index contributed by atoms with van der Waals surface area (Å²) in [4.78, 5) is 25.3. The van der Waals surface area contributed by atoms with E-state index in [2.05, 4.69) is 4.90 Å². The van der Waals surface area contributed by atoms with Crippen LogP contribution < -0.4 is 0 Å². The molecule has 1 aliphatic carbocycles. The lowest BCUT2D eigenvalue weighted by Gasteiger charge is -2.46. The van der Waals surface area contributed by atoms with Crippen LogP contribution in [0, 0.1) is 11.3 Å². The van der Waals surface area contributed by atoms with Crippen LogP contribution in [0.1, 0.15) is 32.1 Å². The smallest absolute Gasteiger partial charge is 0.313 e. The van der Waals surface area contributed by atoms with E-state index in [1.807, 2.05) is 0 Å². The number of rotatable bonds is 6. The Kier molecular flexibility index (Phi) is 5.16. The third kappa shape index (κ3) is 3.04. The summed E-state index contributed by atoms with van der Waals surface area (Å²) in [6.45, 7) is 2.21. The van der Waals surface area contributed by atoms with Crippen molar-refractivity contribution in [1.29, 1.82) is 0 Å². The number of carbonyl (C=O) groups is 2. The summed E-state index contributed by atoms with van der Waals surface area (Å²) in [6, 6.07) is 0.228. The Balaban J connectivity index is 2.02. The first-order chi connectivity index (χ1) is 9.65. The zero-order valence-corrected chi connectivity index (χ0v) is 12.5. The molecule has 1 saturated heterocycles. The second-order valence-corrected chi connectivity index (χ2v) is 6.13. The van der Waals surface area contributed by atoms with Gasteiger partial charge in [-0.15, -0.1) is 0 Å². The SMILES string of the molecule is COCC1CC(C=O)CCN1CC1(C(=O)OC)CCC1. The van der Waals surface area contributed by atoms with Crippen molar-refractivity contribution in [3.63, 3.8) is 0 Å². The van der Waals surface area contributed by atoms with Crippen LogP contribution in [0.15, 0.2) is 0 Å². The van der Waals surface area contributed by atoms with E-state index in [0.717, 1.165) is 51.5 Å². The molecule has 1 saturated carbocycles. The monoisotopic (exact) mass is 283 g/mol. The van der Waals surface area contributed by atoms with Gasteiger partial charge in [0.2, 0.25) is 0 Å². The van der Waals surface area contributed by atoms with Gasteiger partial charge in [-0.25, -0.2) is 0 Å². The Morgan fingerprint density at radius 3 is 2.65 bits per heavy atom. The highest BCUT2D eigenvalue weighted by Crippen LogP contribution is 2.43. The van der Waals surface area contributed by atoms with Gasteiger partial charge in [0, 0.05) is 25.6 Å². The molecule has 2 rings (SSSR count). The van der Waals surface area contributed by atoms with E-state index >= 15 is 0 Å². The Morgan fingerprint density at radius 2 is 2.15 bits per heavy atom. The van der Waals surface area contributed by atoms with Gasteiger partial charge in [-0.3, -0.25) is 9.69 Å². The molecule has 0 aromatic carbocycles. The Hall–Kier alpha value is -0.940. The average Bonchev–Trinajstić information content (AvgIpc) is 2.43. The molecule has 0 amide bonds. The third-order valence-electron chi connectivity index (χ3n) is 4.86. The number of hydrogen-bond donors (Lipinski definition) is 0. The molecule has 1 aliphatic heterocycles. The van der Waals surface area contributed by atoms with Gasteiger partial charge in [0.25, 0.3) is 0 Å². The van der Waals surface area contributed by atoms with Crippen LogP contribution in [0.3, 0.4) is 0 Å². The molecule has 5 nitrogen and oxygen atoms in total. The van der Waals surface area contributed by atoms with E-state index in [0.29, 0.717) is 6.61 Å². The lowest BCUT2D eigenvalue weighted by Crippen LogP contribution is -2.54. The molecule has 0 bridgehead atoms. The molecule has 114 valence electrons. The molecule has 2 fully saturated rings. The van der Waals surface area contributed by atoms with Crippen molar-refractivity contribution in [3.8, 4) is 0 Å². The van der Waals surface area contributed by atoms with Crippen LogP contribution in [0.5, 0.6) is 0 Å². The number of methoxy groups -OCH3 is 2. The normalized spacial score (nSPS) is 29.5. The second-order valence-electron chi connectivity index (χ2n) is 6.13. The van der Waals surface area contributed by atoms with Crippen LogP contribution in [-0.2, 0) is 19.1 Å². The molecule has 0 N–H and O–H groups in total. The fourth-order valence-electron chi connectivity index (χ4n) is 3.46. The number of esters is 1. The van der Waals surface area contributed by atoms with Crippen LogP contribution in [-0.4, -0.2) is 57.1 Å². The topological polar surface area (TPSA) is 55.8 Å². The standard InChI is InChI=1S/C15H25NO4/c1-19-10-13-8-12(9-17)4-7-16(13)11-15(5-3-6-15)14(18)20-2/h9,12-13H,3-8,10-11H2,1-2H3. The Morgan fingerprint density at radius 1 is 1.40 bits per heavy atom. The van der Waals surface area contributed by atoms with Crippen molar-refractivity contribution in [3.05, 3.63) is 0 Å². The van der Waals surface area contributed by atoms with Gasteiger partial charge in [-0.2, -0.15) is 0 Å². The highest BCUT2D eigenvalue weighted by Gasteiger charge is 2.47. The number of aldehydes is 1. The van der Waals surface area contributed by atoms with Crippen molar-refractivity contribution in [2.45, 2.75) is 38.1 Å². The zero-order valence-electron chi connectivity index (χ0n) is 12.5. The van der Waals surface area contributed by atoms with E-state index in [1.54, 1.807) is 7.11 Å². The summed E-state index contributed by atoms with van der Waals surface area (Å²) >= 11 is 0. The van der Waals surface area contributed by atoms with E-state index in [1.165, 1.54) is 7.11 Å². The zero-order chi connectivity index (χ0) is 14.6. The van der Waals surface area contributed by atoms with E-state index in [4.69, 9.17) is 9.47 Å². The van der Waals surface area contributed by atoms with Crippen LogP contribution in [0.4, 0.5) is 0 Å². The molecular weight excluding hydrogens is 258 g/mol. The number of carbonyl (C=O) groups excluding carboxylic acids is 2. The molecule has 5 heteroatoms. The number of hydrogen-bond acceptors (Lipinski definition) is 5. The van der Waals surface area contributed by atoms with Crippen LogP contribution >= 0.6 is 0 Å². The highest BCUT2D eigenvalue weighted by atomic mass is 16.5. The molecular formula is C15H25NO4. The van der Waals surface area contributed by atoms with Crippen molar-refractivity contribution in [2.75, 3.05) is 33.9 Å². The lowest BCUT2D eigenvalue weighted by molar-refractivity contribution is -0.161. The second kappa shape index (κ2) is 6.68. The van der Waals surface area contributed by atoms with E-state index in [-0.39, 0.29) is 23.3 Å². The molecule has 0 aromatic heterocycles. The van der Waals surface area contributed by atoms with Gasteiger partial charge in [0.1, 0.15) is 6.29 Å². The van der Waals surface area contributed by atoms with E-state index < -0.39 is 0 Å². The Labute approximate surface area is 120 Å². The summed E-state index contributed by atoms with van der Waals surface area (Å²) in [5, 5.41) is 0. The Bertz CT molecular complexity index is 354. The number of likely N-dealkylation sites (tertiary alicyclic amines) is 1. The van der Waals surface area contributed by atoms with Crippen molar-refractivity contribution in [2.24, 2.45) is 11.3 Å². The van der Waals surface area contributed by atoms with Gasteiger partial charge in [0.15, 0.2) is 0 Å². The summed E-state index contributed by atoms with van der Waals surface area (Å²) in [5.41, 5.74) is -0.325. The number of nitrogens with zero attached hydrogens (tertiary/aromatic N) is 1. The highest BCUT2D eigenvalue weighted by molar-refractivity contribution is 5.78. The molecule has 20 heavy (non-hydrogen) atoms. The van der Waals surface area contributed by atoms with Gasteiger partial charge in [-0.05, 0) is 32.2 Å². The minimum atomic E-state index is -0.325. The molecule has 2 aliphatic rings. The first kappa shape index (κ1) is 15.4. The molecule has 0 spiro atoms. The summed E-state index contributed by atoms with van der Waals surface area (Å²) < 4.78 is 10.3. The van der Waals surface area contributed by atoms with Gasteiger partial charge < -0.3 is 14.3 Å². The largest absolute Gasteiger partial charge is 0.469 e. The predicted octanol–water partition coefficient (Wildman–Crippen LogP) is 1.26. The maximum Gasteiger partial charge on any atom is 0.313 e. The lowest BCUT2D eigenvalue weighted by atomic mass is 9.68. The third-order valence-corrected chi connectivity index (χ3v) is 4.86. The summed E-state index contributed by atoms with van der Waals surface area (Å²) in [5.74, 6) is 0.0410. The maximum atomic E-state index is 12.0. The van der Waals surface area contributed by atoms with E-state index in [9.17, 15) is 9.59 Å². The van der Waals surface area contributed by atoms with Crippen LogP contribution in [0.25, 0.3) is 0 Å². The molecule has 0 radical (unpaired) electrons. The minimum Gasteiger partial charge on any atom is -0.469 e. The van der Waals surface area contributed by atoms with Crippen molar-refractivity contribution >= 4 is 12.3 Å². The van der Waals surface area contributed by atoms with Crippen LogP contribution in [0.2, 0.25) is 0 Å². The molecule has 2 atom stereocenters. The van der Waals surface area contributed by atoms with Gasteiger partial charge in [0.05, 0.1) is 19.1 Å². The molecule has 2 unspecified atom stereocenters. The average molecular weight is 283 g/mol. The molecule has 1 heterocycles. The first-order valence-electron chi connectivity index (χ1n) is 7.42. The number of piperidine rings is 1. The summed E-state index contributed by atoms with van der Waals surface area (Å²) in [6.07, 6.45) is 5.67. The van der Waals surface area contributed by atoms with Crippen molar-refractivity contribution in [1.82, 2.24) is 4.90 Å². The van der Waals surface area contributed by atoms with Gasteiger partial charge in [-0.1, -0.05) is 6.42 Å². The number of ether oxygens (including phenoxy) is 2. The van der Waals surface area contributed by atoms with Crippen molar-refractivity contribution < 1.29 is 19.1 Å². The fraction of sp³-hybridized carbons (Fsp3) is 0.867. The quantitative estimate of drug-likeness (QED) is 0.542. The first-order valence-corrected chi connectivity index (χ1v) is 7.42. The minimum absolute atomic E-state index is 0.0857. The fourth-order valence-corrected chi connectivity index (χ4v) is 3.46. The molecule has 0 aromatic rings. The maximum absolute atomic E-state index is 12.0. The summed E-state index contributed by atoms with van der Waals surface area (Å²) in [7, 11) is 3.15. The van der Waals surface area contributed by atoms with Gasteiger partial charge >= 0.3 is 5.97 Å².